The smallest absolute Gasteiger partial charge is 0.315 e. The van der Waals surface area contributed by atoms with Gasteiger partial charge in [-0.1, -0.05) is 19.1 Å². The Balaban J connectivity index is 1.43. The Morgan fingerprint density at radius 3 is 2.53 bits per heavy atom. The highest BCUT2D eigenvalue weighted by Gasteiger charge is 2.21. The molecule has 0 N–H and O–H groups in total. The summed E-state index contributed by atoms with van der Waals surface area (Å²) in [7, 11) is 0. The zero-order chi connectivity index (χ0) is 20.9. The van der Waals surface area contributed by atoms with Crippen molar-refractivity contribution in [1.82, 2.24) is 14.4 Å². The second kappa shape index (κ2) is 9.23. The van der Waals surface area contributed by atoms with E-state index in [0.717, 1.165) is 38.3 Å². The number of carbonyl (C=O) groups excluding carboxylic acids is 2. The van der Waals surface area contributed by atoms with Gasteiger partial charge < -0.3 is 18.8 Å². The van der Waals surface area contributed by atoms with Gasteiger partial charge in [0.2, 0.25) is 0 Å². The number of amides is 2. The molecule has 7 nitrogen and oxygen atoms in total. The molecular formula is C22H24N4O3S. The number of thiazole rings is 1. The Morgan fingerprint density at radius 2 is 1.87 bits per heavy atom. The third-order valence-corrected chi connectivity index (χ3v) is 6.04. The summed E-state index contributed by atoms with van der Waals surface area (Å²) in [6.45, 7) is 7.14. The van der Waals surface area contributed by atoms with Gasteiger partial charge in [-0.05, 0) is 36.4 Å². The molecule has 8 heteroatoms. The Kier molecular flexibility index (Phi) is 6.25. The van der Waals surface area contributed by atoms with Crippen molar-refractivity contribution in [2.45, 2.75) is 13.5 Å². The minimum atomic E-state index is -0.402. The number of likely N-dealkylation sites (N-methyl/N-ethyl adjacent to an activating group) is 1. The van der Waals surface area contributed by atoms with E-state index in [1.165, 1.54) is 17.6 Å². The van der Waals surface area contributed by atoms with Gasteiger partial charge in [0.1, 0.15) is 0 Å². The van der Waals surface area contributed by atoms with Gasteiger partial charge >= 0.3 is 5.91 Å². The maximum atomic E-state index is 12.8. The van der Waals surface area contributed by atoms with Crippen LogP contribution in [0.25, 0.3) is 0 Å². The van der Waals surface area contributed by atoms with E-state index < -0.39 is 5.91 Å². The molecule has 1 aromatic carbocycles. The Hall–Kier alpha value is -2.97. The van der Waals surface area contributed by atoms with Crippen molar-refractivity contribution in [2.24, 2.45) is 4.99 Å². The zero-order valence-corrected chi connectivity index (χ0v) is 17.7. The molecule has 0 atom stereocenters. The third-order valence-electron chi connectivity index (χ3n) is 5.25. The Bertz CT molecular complexity index is 1060. The molecule has 2 aromatic heterocycles. The Morgan fingerprint density at radius 1 is 1.10 bits per heavy atom. The predicted molar refractivity (Wildman–Crippen MR) is 114 cm³/mol. The van der Waals surface area contributed by atoms with Crippen molar-refractivity contribution in [1.29, 1.82) is 0 Å². The van der Waals surface area contributed by atoms with Crippen molar-refractivity contribution in [2.75, 3.05) is 32.7 Å². The largest absolute Gasteiger partial charge is 0.459 e. The molecule has 0 spiro atoms. The number of benzene rings is 1. The fourth-order valence-corrected chi connectivity index (χ4v) is 4.17. The number of hydrogen-bond acceptors (Lipinski definition) is 5. The van der Waals surface area contributed by atoms with Crippen molar-refractivity contribution in [3.05, 3.63) is 75.9 Å². The van der Waals surface area contributed by atoms with E-state index in [-0.39, 0.29) is 11.7 Å². The molecule has 1 aliphatic heterocycles. The van der Waals surface area contributed by atoms with Crippen LogP contribution in [0.3, 0.4) is 0 Å². The van der Waals surface area contributed by atoms with E-state index in [2.05, 4.69) is 16.8 Å². The molecule has 0 bridgehead atoms. The number of carbonyl (C=O) groups is 2. The first-order valence-electron chi connectivity index (χ1n) is 10.0. The van der Waals surface area contributed by atoms with E-state index in [1.807, 2.05) is 45.3 Å². The molecule has 30 heavy (non-hydrogen) atoms. The van der Waals surface area contributed by atoms with Crippen LogP contribution in [0.4, 0.5) is 0 Å². The molecule has 156 valence electrons. The summed E-state index contributed by atoms with van der Waals surface area (Å²) < 4.78 is 7.02. The quantitative estimate of drug-likeness (QED) is 0.631. The number of hydrogen-bond donors (Lipinski definition) is 0. The molecule has 3 heterocycles. The third kappa shape index (κ3) is 4.60. The van der Waals surface area contributed by atoms with Crippen molar-refractivity contribution < 1.29 is 14.0 Å². The van der Waals surface area contributed by atoms with Crippen molar-refractivity contribution >= 4 is 23.2 Å². The van der Waals surface area contributed by atoms with Gasteiger partial charge in [-0.3, -0.25) is 9.59 Å². The fourth-order valence-electron chi connectivity index (χ4n) is 3.45. The SMILES string of the molecule is CCN1CCN(C(=O)c2ccc(Cn3ccsc3=NC(=O)c3ccco3)cc2)CC1. The summed E-state index contributed by atoms with van der Waals surface area (Å²) in [5.41, 5.74) is 1.74. The van der Waals surface area contributed by atoms with Crippen LogP contribution in [0.5, 0.6) is 0 Å². The molecule has 1 aliphatic rings. The van der Waals surface area contributed by atoms with Gasteiger partial charge in [0.25, 0.3) is 5.91 Å². The first-order chi connectivity index (χ1) is 14.6. The fraction of sp³-hybridized carbons (Fsp3) is 0.318. The van der Waals surface area contributed by atoms with E-state index in [1.54, 1.807) is 12.1 Å². The van der Waals surface area contributed by atoms with Crippen molar-refractivity contribution in [3.8, 4) is 0 Å². The number of piperazine rings is 1. The lowest BCUT2D eigenvalue weighted by atomic mass is 10.1. The van der Waals surface area contributed by atoms with Crippen LogP contribution in [0.2, 0.25) is 0 Å². The van der Waals surface area contributed by atoms with Gasteiger partial charge in [0.15, 0.2) is 10.6 Å². The molecule has 0 aliphatic carbocycles. The predicted octanol–water partition coefficient (Wildman–Crippen LogP) is 2.71. The van der Waals surface area contributed by atoms with Crippen LogP contribution in [0, 0.1) is 0 Å². The topological polar surface area (TPSA) is 71.1 Å². The second-order valence-corrected chi connectivity index (χ2v) is 8.00. The monoisotopic (exact) mass is 424 g/mol. The van der Waals surface area contributed by atoms with Gasteiger partial charge in [-0.2, -0.15) is 4.99 Å². The summed E-state index contributed by atoms with van der Waals surface area (Å²) in [5.74, 6) is -0.0990. The lowest BCUT2D eigenvalue weighted by Gasteiger charge is -2.34. The van der Waals surface area contributed by atoms with E-state index >= 15 is 0 Å². The van der Waals surface area contributed by atoms with Crippen LogP contribution >= 0.6 is 11.3 Å². The number of aromatic nitrogens is 1. The summed E-state index contributed by atoms with van der Waals surface area (Å²) in [6.07, 6.45) is 3.35. The lowest BCUT2D eigenvalue weighted by Crippen LogP contribution is -2.48. The van der Waals surface area contributed by atoms with Gasteiger partial charge in [0, 0.05) is 49.9 Å². The average Bonchev–Trinajstić information content (AvgIpc) is 3.47. The lowest BCUT2D eigenvalue weighted by molar-refractivity contribution is 0.0643. The second-order valence-electron chi connectivity index (χ2n) is 7.13. The standard InChI is InChI=1S/C22H24N4O3S/c1-2-24-9-11-25(12-10-24)21(28)18-7-5-17(6-8-18)16-26-13-15-30-22(26)23-20(27)19-4-3-14-29-19/h3-8,13-15H,2,9-12,16H2,1H3. The highest BCUT2D eigenvalue weighted by atomic mass is 32.1. The van der Waals surface area contributed by atoms with Gasteiger partial charge in [-0.25, -0.2) is 0 Å². The van der Waals surface area contributed by atoms with Crippen LogP contribution in [-0.4, -0.2) is 58.9 Å². The molecule has 3 aromatic rings. The summed E-state index contributed by atoms with van der Waals surface area (Å²) in [4.78, 5) is 34.0. The molecule has 2 amide bonds. The van der Waals surface area contributed by atoms with Crippen LogP contribution in [0.15, 0.2) is 63.6 Å². The number of rotatable bonds is 5. The van der Waals surface area contributed by atoms with Crippen LogP contribution in [-0.2, 0) is 6.54 Å². The molecular weight excluding hydrogens is 400 g/mol. The zero-order valence-electron chi connectivity index (χ0n) is 16.9. The molecule has 1 fully saturated rings. The van der Waals surface area contributed by atoms with Crippen LogP contribution in [0.1, 0.15) is 33.4 Å². The minimum absolute atomic E-state index is 0.0835. The number of furan rings is 1. The highest BCUT2D eigenvalue weighted by molar-refractivity contribution is 7.07. The van der Waals surface area contributed by atoms with Gasteiger partial charge in [0.05, 0.1) is 6.26 Å². The molecule has 4 rings (SSSR count). The highest BCUT2D eigenvalue weighted by Crippen LogP contribution is 2.11. The first-order valence-corrected chi connectivity index (χ1v) is 10.9. The normalized spacial score (nSPS) is 15.5. The molecule has 0 radical (unpaired) electrons. The van der Waals surface area contributed by atoms with E-state index in [9.17, 15) is 9.59 Å². The van der Waals surface area contributed by atoms with Gasteiger partial charge in [-0.15, -0.1) is 11.3 Å². The first kappa shape index (κ1) is 20.3. The summed E-state index contributed by atoms with van der Waals surface area (Å²) in [6, 6.07) is 10.9. The Labute approximate surface area is 178 Å². The average molecular weight is 425 g/mol. The van der Waals surface area contributed by atoms with Crippen molar-refractivity contribution in [3.63, 3.8) is 0 Å². The summed E-state index contributed by atoms with van der Waals surface area (Å²) in [5, 5.41) is 1.89. The maximum Gasteiger partial charge on any atom is 0.315 e. The van der Waals surface area contributed by atoms with E-state index in [0.29, 0.717) is 16.9 Å². The number of nitrogens with zero attached hydrogens (tertiary/aromatic N) is 4. The minimum Gasteiger partial charge on any atom is -0.459 e. The summed E-state index contributed by atoms with van der Waals surface area (Å²) >= 11 is 1.39. The molecule has 1 saturated heterocycles. The van der Waals surface area contributed by atoms with E-state index in [4.69, 9.17) is 4.42 Å². The van der Waals surface area contributed by atoms with Crippen LogP contribution < -0.4 is 4.80 Å². The molecule has 0 saturated carbocycles. The maximum absolute atomic E-state index is 12.8. The molecule has 0 unspecified atom stereocenters.